The Morgan fingerprint density at radius 3 is 3.00 bits per heavy atom. The van der Waals surface area contributed by atoms with Crippen LogP contribution in [0.25, 0.3) is 5.52 Å². The molecular weight excluding hydrogens is 174 g/mol. The van der Waals surface area contributed by atoms with E-state index in [0.29, 0.717) is 0 Å². The number of nitrogens with two attached hydrogens (primary N) is 1. The molecule has 3 nitrogen and oxygen atoms in total. The quantitative estimate of drug-likeness (QED) is 0.778. The molecular formula is C11H15N3. The largest absolute Gasteiger partial charge is 0.328 e. The molecule has 2 rings (SSSR count). The predicted molar refractivity (Wildman–Crippen MR) is 57.3 cm³/mol. The Morgan fingerprint density at radius 2 is 2.29 bits per heavy atom. The molecule has 0 aromatic carbocycles. The number of hydrogen-bond donors (Lipinski definition) is 1. The number of rotatable bonds is 2. The van der Waals surface area contributed by atoms with E-state index in [2.05, 4.69) is 30.2 Å². The monoisotopic (exact) mass is 189 g/mol. The molecule has 0 fully saturated rings. The van der Waals surface area contributed by atoms with Crippen LogP contribution in [0, 0.1) is 6.92 Å². The van der Waals surface area contributed by atoms with Crippen molar-refractivity contribution >= 4 is 5.52 Å². The van der Waals surface area contributed by atoms with Gasteiger partial charge < -0.3 is 5.73 Å². The fourth-order valence-corrected chi connectivity index (χ4v) is 1.59. The van der Waals surface area contributed by atoms with Crippen LogP contribution >= 0.6 is 0 Å². The second-order valence-electron chi connectivity index (χ2n) is 3.89. The smallest absolute Gasteiger partial charge is 0.0667 e. The molecule has 0 aliphatic heterocycles. The second kappa shape index (κ2) is 3.42. The van der Waals surface area contributed by atoms with Crippen LogP contribution in [-0.4, -0.2) is 15.7 Å². The summed E-state index contributed by atoms with van der Waals surface area (Å²) in [6.07, 6.45) is 2.82. The zero-order chi connectivity index (χ0) is 10.1. The Balaban J connectivity index is 2.41. The van der Waals surface area contributed by atoms with Crippen LogP contribution in [0.2, 0.25) is 0 Å². The van der Waals surface area contributed by atoms with Gasteiger partial charge in [-0.3, -0.25) is 0 Å². The highest BCUT2D eigenvalue weighted by Crippen LogP contribution is 2.09. The van der Waals surface area contributed by atoms with E-state index in [9.17, 15) is 0 Å². The summed E-state index contributed by atoms with van der Waals surface area (Å²) in [5.74, 6) is 0. The second-order valence-corrected chi connectivity index (χ2v) is 3.89. The standard InChI is InChI=1S/C11H15N3/c1-8-3-4-14-11(5-8)7-10(13-14)6-9(2)12/h3-5,7,9H,6,12H2,1-2H3. The van der Waals surface area contributed by atoms with E-state index in [1.54, 1.807) is 0 Å². The maximum atomic E-state index is 5.73. The van der Waals surface area contributed by atoms with E-state index in [0.717, 1.165) is 17.6 Å². The molecule has 14 heavy (non-hydrogen) atoms. The van der Waals surface area contributed by atoms with Crippen LogP contribution in [0.5, 0.6) is 0 Å². The summed E-state index contributed by atoms with van der Waals surface area (Å²) in [4.78, 5) is 0. The summed E-state index contributed by atoms with van der Waals surface area (Å²) in [6, 6.07) is 6.44. The lowest BCUT2D eigenvalue weighted by Gasteiger charge is -1.98. The fourth-order valence-electron chi connectivity index (χ4n) is 1.59. The lowest BCUT2D eigenvalue weighted by atomic mass is 10.2. The number of fused-ring (bicyclic) bond motifs is 1. The normalized spacial score (nSPS) is 13.4. The average Bonchev–Trinajstić information content (AvgIpc) is 2.44. The molecule has 1 unspecified atom stereocenters. The van der Waals surface area contributed by atoms with Gasteiger partial charge in [0, 0.05) is 18.7 Å². The van der Waals surface area contributed by atoms with Crippen molar-refractivity contribution in [3.63, 3.8) is 0 Å². The minimum absolute atomic E-state index is 0.168. The van der Waals surface area contributed by atoms with E-state index >= 15 is 0 Å². The van der Waals surface area contributed by atoms with Gasteiger partial charge in [-0.15, -0.1) is 0 Å². The van der Waals surface area contributed by atoms with Crippen molar-refractivity contribution in [2.45, 2.75) is 26.3 Å². The van der Waals surface area contributed by atoms with Crippen molar-refractivity contribution in [3.05, 3.63) is 35.7 Å². The van der Waals surface area contributed by atoms with Crippen molar-refractivity contribution in [2.24, 2.45) is 5.73 Å². The lowest BCUT2D eigenvalue weighted by molar-refractivity contribution is 0.712. The first kappa shape index (κ1) is 9.21. The van der Waals surface area contributed by atoms with Crippen LogP contribution in [0.15, 0.2) is 24.4 Å². The molecule has 2 aromatic heterocycles. The number of aromatic nitrogens is 2. The number of hydrogen-bond acceptors (Lipinski definition) is 2. The van der Waals surface area contributed by atoms with Crippen molar-refractivity contribution in [3.8, 4) is 0 Å². The third-order valence-corrected chi connectivity index (χ3v) is 2.20. The Hall–Kier alpha value is -1.35. The first-order valence-corrected chi connectivity index (χ1v) is 4.85. The zero-order valence-corrected chi connectivity index (χ0v) is 8.57. The maximum Gasteiger partial charge on any atom is 0.0667 e. The van der Waals surface area contributed by atoms with E-state index in [1.165, 1.54) is 5.56 Å². The topological polar surface area (TPSA) is 43.3 Å². The van der Waals surface area contributed by atoms with Gasteiger partial charge >= 0.3 is 0 Å². The summed E-state index contributed by atoms with van der Waals surface area (Å²) in [7, 11) is 0. The predicted octanol–water partition coefficient (Wildman–Crippen LogP) is 1.53. The summed E-state index contributed by atoms with van der Waals surface area (Å²) in [6.45, 7) is 4.08. The lowest BCUT2D eigenvalue weighted by Crippen LogP contribution is -2.17. The molecule has 0 radical (unpaired) electrons. The van der Waals surface area contributed by atoms with Crippen molar-refractivity contribution < 1.29 is 0 Å². The molecule has 0 saturated heterocycles. The molecule has 0 saturated carbocycles. The highest BCUT2D eigenvalue weighted by molar-refractivity contribution is 5.49. The summed E-state index contributed by atoms with van der Waals surface area (Å²) >= 11 is 0. The van der Waals surface area contributed by atoms with Gasteiger partial charge in [0.15, 0.2) is 0 Å². The van der Waals surface area contributed by atoms with Gasteiger partial charge in [-0.05, 0) is 37.6 Å². The van der Waals surface area contributed by atoms with Gasteiger partial charge in [-0.1, -0.05) is 0 Å². The van der Waals surface area contributed by atoms with Crippen molar-refractivity contribution in [1.82, 2.24) is 9.61 Å². The van der Waals surface area contributed by atoms with Gasteiger partial charge in [0.05, 0.1) is 11.2 Å². The van der Waals surface area contributed by atoms with Gasteiger partial charge in [0.1, 0.15) is 0 Å². The first-order valence-electron chi connectivity index (χ1n) is 4.85. The Morgan fingerprint density at radius 1 is 1.50 bits per heavy atom. The third kappa shape index (κ3) is 1.77. The van der Waals surface area contributed by atoms with E-state index < -0.39 is 0 Å². The van der Waals surface area contributed by atoms with Crippen LogP contribution in [-0.2, 0) is 6.42 Å². The van der Waals surface area contributed by atoms with E-state index in [4.69, 9.17) is 5.73 Å². The molecule has 74 valence electrons. The van der Waals surface area contributed by atoms with Crippen LogP contribution in [0.4, 0.5) is 0 Å². The van der Waals surface area contributed by atoms with Crippen molar-refractivity contribution in [2.75, 3.05) is 0 Å². The Bertz CT molecular complexity index is 443. The zero-order valence-electron chi connectivity index (χ0n) is 8.57. The average molecular weight is 189 g/mol. The molecule has 2 aromatic rings. The van der Waals surface area contributed by atoms with Crippen LogP contribution < -0.4 is 5.73 Å². The summed E-state index contributed by atoms with van der Waals surface area (Å²) in [5, 5.41) is 4.43. The Kier molecular flexibility index (Phi) is 2.25. The molecule has 0 bridgehead atoms. The minimum atomic E-state index is 0.168. The number of pyridine rings is 1. The van der Waals surface area contributed by atoms with E-state index in [1.807, 2.05) is 17.6 Å². The number of aryl methyl sites for hydroxylation is 1. The van der Waals surface area contributed by atoms with Crippen LogP contribution in [0.3, 0.4) is 0 Å². The first-order chi connectivity index (χ1) is 6.65. The minimum Gasteiger partial charge on any atom is -0.328 e. The van der Waals surface area contributed by atoms with Gasteiger partial charge in [0.25, 0.3) is 0 Å². The van der Waals surface area contributed by atoms with E-state index in [-0.39, 0.29) is 6.04 Å². The van der Waals surface area contributed by atoms with Gasteiger partial charge in [-0.25, -0.2) is 4.52 Å². The number of nitrogens with zero attached hydrogens (tertiary/aromatic N) is 2. The molecule has 0 amide bonds. The highest BCUT2D eigenvalue weighted by Gasteiger charge is 2.03. The fraction of sp³-hybridized carbons (Fsp3) is 0.364. The summed E-state index contributed by atoms with van der Waals surface area (Å²) in [5.41, 5.74) is 9.18. The van der Waals surface area contributed by atoms with Gasteiger partial charge in [-0.2, -0.15) is 5.10 Å². The molecule has 3 heteroatoms. The van der Waals surface area contributed by atoms with Gasteiger partial charge in [0.2, 0.25) is 0 Å². The maximum absolute atomic E-state index is 5.73. The Labute approximate surface area is 83.5 Å². The molecule has 0 spiro atoms. The van der Waals surface area contributed by atoms with Crippen LogP contribution in [0.1, 0.15) is 18.2 Å². The molecule has 1 atom stereocenters. The molecule has 0 aliphatic rings. The highest BCUT2D eigenvalue weighted by atomic mass is 15.2. The van der Waals surface area contributed by atoms with Crippen molar-refractivity contribution in [1.29, 1.82) is 0 Å². The summed E-state index contributed by atoms with van der Waals surface area (Å²) < 4.78 is 1.89. The SMILES string of the molecule is Cc1ccn2nc(CC(C)N)cc2c1. The third-order valence-electron chi connectivity index (χ3n) is 2.20. The molecule has 0 aliphatic carbocycles. The molecule has 2 heterocycles. The molecule has 2 N–H and O–H groups in total.